The monoisotopic (exact) mass is 311 g/mol. The quantitative estimate of drug-likeness (QED) is 0.332. The number of hydrogen-bond acceptors (Lipinski definition) is 2. The first kappa shape index (κ1) is 12.8. The van der Waals surface area contributed by atoms with E-state index in [2.05, 4.69) is 72.8 Å². The molecule has 0 radical (unpaired) electrons. The molecule has 108 valence electrons. The van der Waals surface area contributed by atoms with Gasteiger partial charge in [-0.2, -0.15) is 4.37 Å². The largest absolute Gasteiger partial charge is 0.191 e. The summed E-state index contributed by atoms with van der Waals surface area (Å²) in [6.07, 6.45) is 0. The molecule has 0 spiro atoms. The van der Waals surface area contributed by atoms with Crippen LogP contribution in [0.25, 0.3) is 42.9 Å². The maximum absolute atomic E-state index is 4.76. The lowest BCUT2D eigenvalue weighted by molar-refractivity contribution is 1.55. The molecule has 0 aliphatic heterocycles. The first-order valence-corrected chi connectivity index (χ1v) is 8.44. The molecule has 23 heavy (non-hydrogen) atoms. The fourth-order valence-electron chi connectivity index (χ4n) is 3.32. The molecular weight excluding hydrogens is 298 g/mol. The van der Waals surface area contributed by atoms with Crippen molar-refractivity contribution in [2.24, 2.45) is 0 Å². The summed E-state index contributed by atoms with van der Waals surface area (Å²) in [5.74, 6) is 0. The van der Waals surface area contributed by atoms with Gasteiger partial charge in [0.1, 0.15) is 0 Å². The van der Waals surface area contributed by atoms with Crippen molar-refractivity contribution in [1.29, 1.82) is 0 Å². The fraction of sp³-hybridized carbons (Fsp3) is 0. The highest BCUT2D eigenvalue weighted by atomic mass is 32.1. The number of nitrogens with zero attached hydrogens (tertiary/aromatic N) is 1. The molecule has 0 saturated carbocycles. The summed E-state index contributed by atoms with van der Waals surface area (Å²) in [6.45, 7) is 0. The predicted molar refractivity (Wildman–Crippen MR) is 100 cm³/mol. The molecule has 2 heteroatoms. The molecule has 0 amide bonds. The van der Waals surface area contributed by atoms with E-state index >= 15 is 0 Å². The van der Waals surface area contributed by atoms with Gasteiger partial charge in [-0.05, 0) is 33.8 Å². The first-order valence-electron chi connectivity index (χ1n) is 7.67. The van der Waals surface area contributed by atoms with E-state index in [-0.39, 0.29) is 0 Å². The molecular formula is C21H13NS. The molecule has 0 unspecified atom stereocenters. The van der Waals surface area contributed by atoms with Crippen LogP contribution in [0.5, 0.6) is 0 Å². The van der Waals surface area contributed by atoms with E-state index in [0.29, 0.717) is 0 Å². The van der Waals surface area contributed by atoms with E-state index < -0.39 is 0 Å². The van der Waals surface area contributed by atoms with Crippen LogP contribution in [0.2, 0.25) is 0 Å². The fourth-order valence-corrected chi connectivity index (χ4v) is 4.13. The van der Waals surface area contributed by atoms with Crippen LogP contribution in [-0.4, -0.2) is 4.37 Å². The number of rotatable bonds is 1. The normalized spacial score (nSPS) is 11.5. The Morgan fingerprint density at radius 2 is 1.35 bits per heavy atom. The zero-order chi connectivity index (χ0) is 15.2. The molecule has 0 N–H and O–H groups in total. The van der Waals surface area contributed by atoms with Crippen LogP contribution in [0.3, 0.4) is 0 Å². The third kappa shape index (κ3) is 1.89. The molecule has 1 aromatic heterocycles. The molecule has 0 saturated heterocycles. The van der Waals surface area contributed by atoms with Gasteiger partial charge in [0, 0.05) is 16.3 Å². The summed E-state index contributed by atoms with van der Waals surface area (Å²) >= 11 is 1.58. The van der Waals surface area contributed by atoms with Gasteiger partial charge in [0.2, 0.25) is 0 Å². The molecule has 0 fully saturated rings. The number of benzene rings is 4. The highest BCUT2D eigenvalue weighted by Gasteiger charge is 2.13. The van der Waals surface area contributed by atoms with Gasteiger partial charge in [-0.3, -0.25) is 0 Å². The summed E-state index contributed by atoms with van der Waals surface area (Å²) in [5.41, 5.74) is 2.27. The molecule has 1 nitrogen and oxygen atoms in total. The average Bonchev–Trinajstić information content (AvgIpc) is 3.06. The lowest BCUT2D eigenvalue weighted by atomic mass is 9.97. The molecule has 0 aliphatic rings. The van der Waals surface area contributed by atoms with E-state index in [0.717, 1.165) is 5.69 Å². The van der Waals surface area contributed by atoms with Gasteiger partial charge in [0.15, 0.2) is 0 Å². The third-order valence-electron chi connectivity index (χ3n) is 4.39. The summed E-state index contributed by atoms with van der Waals surface area (Å²) in [7, 11) is 0. The van der Waals surface area contributed by atoms with Crippen LogP contribution in [0.4, 0.5) is 0 Å². The van der Waals surface area contributed by atoms with Crippen molar-refractivity contribution in [3.63, 3.8) is 0 Å². The summed E-state index contributed by atoms with van der Waals surface area (Å²) < 4.78 is 6.01. The zero-order valence-electron chi connectivity index (χ0n) is 12.4. The zero-order valence-corrected chi connectivity index (χ0v) is 13.2. The van der Waals surface area contributed by atoms with Crippen molar-refractivity contribution >= 4 is 43.2 Å². The number of fused-ring (bicyclic) bond motifs is 5. The van der Waals surface area contributed by atoms with Gasteiger partial charge in [0.05, 0.1) is 10.4 Å². The second kappa shape index (κ2) is 4.90. The Morgan fingerprint density at radius 1 is 0.609 bits per heavy atom. The Kier molecular flexibility index (Phi) is 2.73. The van der Waals surface area contributed by atoms with Gasteiger partial charge in [0.25, 0.3) is 0 Å². The Balaban J connectivity index is 2.03. The minimum atomic E-state index is 1.09. The van der Waals surface area contributed by atoms with Gasteiger partial charge in [-0.25, -0.2) is 0 Å². The Morgan fingerprint density at radius 3 is 2.26 bits per heavy atom. The van der Waals surface area contributed by atoms with Crippen LogP contribution < -0.4 is 0 Å². The molecule has 1 heterocycles. The number of aromatic nitrogens is 1. The van der Waals surface area contributed by atoms with Crippen molar-refractivity contribution in [1.82, 2.24) is 4.37 Å². The van der Waals surface area contributed by atoms with Crippen molar-refractivity contribution < 1.29 is 0 Å². The van der Waals surface area contributed by atoms with E-state index in [1.165, 1.54) is 37.2 Å². The first-order chi connectivity index (χ1) is 11.4. The van der Waals surface area contributed by atoms with E-state index in [1.54, 1.807) is 11.5 Å². The van der Waals surface area contributed by atoms with Crippen LogP contribution >= 0.6 is 11.5 Å². The molecule has 5 rings (SSSR count). The van der Waals surface area contributed by atoms with Crippen LogP contribution in [0, 0.1) is 0 Å². The van der Waals surface area contributed by atoms with Crippen molar-refractivity contribution in [2.45, 2.75) is 0 Å². The molecule has 0 bridgehead atoms. The Bertz CT molecular complexity index is 1160. The highest BCUT2D eigenvalue weighted by molar-refractivity contribution is 7.14. The van der Waals surface area contributed by atoms with Gasteiger partial charge in [-0.15, -0.1) is 0 Å². The van der Waals surface area contributed by atoms with Crippen LogP contribution in [-0.2, 0) is 0 Å². The van der Waals surface area contributed by atoms with E-state index in [9.17, 15) is 0 Å². The summed E-state index contributed by atoms with van der Waals surface area (Å²) in [6, 6.07) is 27.9. The van der Waals surface area contributed by atoms with Gasteiger partial charge < -0.3 is 0 Å². The van der Waals surface area contributed by atoms with Crippen molar-refractivity contribution in [3.8, 4) is 11.3 Å². The van der Waals surface area contributed by atoms with Crippen LogP contribution in [0.15, 0.2) is 78.9 Å². The predicted octanol–water partition coefficient (Wildman–Crippen LogP) is 6.27. The number of hydrogen-bond donors (Lipinski definition) is 0. The average molecular weight is 311 g/mol. The lowest BCUT2D eigenvalue weighted by Gasteiger charge is -2.07. The second-order valence-corrected chi connectivity index (χ2v) is 6.53. The molecule has 4 aromatic carbocycles. The standard InChI is InChI=1S/C21H13NS/c1-2-7-16(8-3-1)21-20-18(23-22-21)13-12-15-11-10-14-6-4-5-9-17(14)19(15)20/h1-13H. The topological polar surface area (TPSA) is 12.9 Å². The SMILES string of the molecule is c1ccc(-c2nsc3ccc4ccc5ccccc5c4c23)cc1. The molecule has 0 aliphatic carbocycles. The second-order valence-electron chi connectivity index (χ2n) is 5.72. The lowest BCUT2D eigenvalue weighted by Crippen LogP contribution is -1.82. The minimum absolute atomic E-state index is 1.09. The summed E-state index contributed by atoms with van der Waals surface area (Å²) in [5, 5.41) is 6.43. The third-order valence-corrected chi connectivity index (χ3v) is 5.20. The maximum Gasteiger partial charge on any atom is 0.0925 e. The summed E-state index contributed by atoms with van der Waals surface area (Å²) in [4.78, 5) is 0. The Hall–Kier alpha value is -2.71. The van der Waals surface area contributed by atoms with E-state index in [4.69, 9.17) is 4.37 Å². The smallest absolute Gasteiger partial charge is 0.0925 e. The van der Waals surface area contributed by atoms with Gasteiger partial charge in [-0.1, -0.05) is 72.8 Å². The molecule has 5 aromatic rings. The Labute approximate surface area is 138 Å². The maximum atomic E-state index is 4.76. The minimum Gasteiger partial charge on any atom is -0.191 e. The van der Waals surface area contributed by atoms with Crippen molar-refractivity contribution in [3.05, 3.63) is 78.9 Å². The molecule has 0 atom stereocenters. The van der Waals surface area contributed by atoms with Crippen LogP contribution in [0.1, 0.15) is 0 Å². The van der Waals surface area contributed by atoms with Gasteiger partial charge >= 0.3 is 0 Å². The van der Waals surface area contributed by atoms with E-state index in [1.807, 2.05) is 6.07 Å². The van der Waals surface area contributed by atoms with Crippen molar-refractivity contribution in [2.75, 3.05) is 0 Å². The highest BCUT2D eigenvalue weighted by Crippen LogP contribution is 2.39.